The highest BCUT2D eigenvalue weighted by atomic mass is 127. The summed E-state index contributed by atoms with van der Waals surface area (Å²) in [6, 6.07) is 4.18. The number of pyridine rings is 1. The Labute approximate surface area is 183 Å². The Morgan fingerprint density at radius 2 is 1.96 bits per heavy atom. The molecule has 2 aromatic heterocycles. The Morgan fingerprint density at radius 3 is 2.52 bits per heavy atom. The van der Waals surface area contributed by atoms with Crippen molar-refractivity contribution < 1.29 is 0 Å². The molecule has 2 heterocycles. The molecular formula is C19H31IN6S. The molecule has 2 N–H and O–H groups in total. The molecule has 0 radical (unpaired) electrons. The minimum Gasteiger partial charge on any atom is -0.357 e. The van der Waals surface area contributed by atoms with Gasteiger partial charge in [-0.15, -0.1) is 35.3 Å². The molecule has 2 rings (SSSR count). The average Bonchev–Trinajstić information content (AvgIpc) is 3.07. The topological polar surface area (TPSA) is 65.4 Å². The van der Waals surface area contributed by atoms with Crippen molar-refractivity contribution in [1.82, 2.24) is 20.6 Å². The lowest BCUT2D eigenvalue weighted by Crippen LogP contribution is -2.38. The van der Waals surface area contributed by atoms with Crippen molar-refractivity contribution in [1.29, 1.82) is 0 Å². The van der Waals surface area contributed by atoms with E-state index < -0.39 is 0 Å². The van der Waals surface area contributed by atoms with E-state index in [1.807, 2.05) is 13.1 Å². The molecule has 0 unspecified atom stereocenters. The van der Waals surface area contributed by atoms with Gasteiger partial charge in [-0.2, -0.15) is 0 Å². The van der Waals surface area contributed by atoms with Gasteiger partial charge in [0.2, 0.25) is 0 Å². The van der Waals surface area contributed by atoms with Crippen LogP contribution in [-0.4, -0.2) is 42.1 Å². The summed E-state index contributed by atoms with van der Waals surface area (Å²) < 4.78 is 0. The molecule has 0 saturated heterocycles. The van der Waals surface area contributed by atoms with E-state index in [2.05, 4.69) is 68.8 Å². The molecule has 0 amide bonds. The van der Waals surface area contributed by atoms with Crippen molar-refractivity contribution in [3.8, 4) is 0 Å². The number of guanidine groups is 1. The van der Waals surface area contributed by atoms with Gasteiger partial charge in [-0.05, 0) is 39.3 Å². The summed E-state index contributed by atoms with van der Waals surface area (Å²) in [5.41, 5.74) is 2.24. The second-order valence-corrected chi connectivity index (χ2v) is 6.99. The van der Waals surface area contributed by atoms with Crippen molar-refractivity contribution in [3.05, 3.63) is 40.0 Å². The minimum atomic E-state index is 0. The van der Waals surface area contributed by atoms with Crippen molar-refractivity contribution in [2.24, 2.45) is 4.99 Å². The number of rotatable bonds is 9. The first kappa shape index (κ1) is 23.6. The van der Waals surface area contributed by atoms with Crippen LogP contribution in [0, 0.1) is 6.92 Å². The van der Waals surface area contributed by atoms with Crippen LogP contribution < -0.4 is 15.5 Å². The molecule has 150 valence electrons. The SMILES string of the molecule is CCNC(=NCc1ccc(N(CC)CC)nc1)NCCc1csc(C)n1.I. The van der Waals surface area contributed by atoms with Gasteiger partial charge in [0.25, 0.3) is 0 Å². The van der Waals surface area contributed by atoms with E-state index in [1.54, 1.807) is 11.3 Å². The molecule has 0 atom stereocenters. The predicted molar refractivity (Wildman–Crippen MR) is 127 cm³/mol. The van der Waals surface area contributed by atoms with E-state index in [9.17, 15) is 0 Å². The zero-order valence-corrected chi connectivity index (χ0v) is 19.8. The quantitative estimate of drug-likeness (QED) is 0.312. The number of aliphatic imine (C=N–C) groups is 1. The molecule has 0 spiro atoms. The van der Waals surface area contributed by atoms with Crippen molar-refractivity contribution in [2.75, 3.05) is 31.1 Å². The number of hydrogen-bond acceptors (Lipinski definition) is 5. The van der Waals surface area contributed by atoms with Crippen LogP contribution in [0.3, 0.4) is 0 Å². The standard InChI is InChI=1S/C19H30N6S.HI/c1-5-20-19(21-11-10-17-14-26-15(4)24-17)23-13-16-8-9-18(22-12-16)25(6-2)7-3;/h8-9,12,14H,5-7,10-11,13H2,1-4H3,(H2,20,21,23);1H. The van der Waals surface area contributed by atoms with Crippen LogP contribution in [0.15, 0.2) is 28.7 Å². The Hall–Kier alpha value is -1.42. The number of halogens is 1. The van der Waals surface area contributed by atoms with Crippen LogP contribution in [0.2, 0.25) is 0 Å². The molecule has 0 aliphatic rings. The van der Waals surface area contributed by atoms with Gasteiger partial charge in [-0.1, -0.05) is 6.07 Å². The summed E-state index contributed by atoms with van der Waals surface area (Å²) in [5, 5.41) is 9.88. The lowest BCUT2D eigenvalue weighted by Gasteiger charge is -2.19. The van der Waals surface area contributed by atoms with E-state index in [4.69, 9.17) is 0 Å². The maximum atomic E-state index is 4.66. The monoisotopic (exact) mass is 502 g/mol. The molecule has 2 aromatic rings. The summed E-state index contributed by atoms with van der Waals surface area (Å²) in [6.07, 6.45) is 2.81. The van der Waals surface area contributed by atoms with Crippen molar-refractivity contribution in [3.63, 3.8) is 0 Å². The summed E-state index contributed by atoms with van der Waals surface area (Å²) in [5.74, 6) is 1.85. The molecule has 0 bridgehead atoms. The number of anilines is 1. The lowest BCUT2D eigenvalue weighted by molar-refractivity contribution is 0.789. The number of thiazole rings is 1. The number of aromatic nitrogens is 2. The third-order valence-electron chi connectivity index (χ3n) is 4.00. The highest BCUT2D eigenvalue weighted by molar-refractivity contribution is 14.0. The van der Waals surface area contributed by atoms with Crippen molar-refractivity contribution >= 4 is 47.1 Å². The lowest BCUT2D eigenvalue weighted by atomic mass is 10.3. The van der Waals surface area contributed by atoms with E-state index in [0.29, 0.717) is 6.54 Å². The van der Waals surface area contributed by atoms with E-state index in [1.165, 1.54) is 0 Å². The first-order valence-corrected chi connectivity index (χ1v) is 10.2. The average molecular weight is 502 g/mol. The molecule has 0 saturated carbocycles. The molecular weight excluding hydrogens is 471 g/mol. The zero-order valence-electron chi connectivity index (χ0n) is 16.7. The Kier molecular flexibility index (Phi) is 11.3. The molecule has 0 aromatic carbocycles. The van der Waals surface area contributed by atoms with E-state index >= 15 is 0 Å². The van der Waals surface area contributed by atoms with Gasteiger partial charge in [0.15, 0.2) is 5.96 Å². The fraction of sp³-hybridized carbons (Fsp3) is 0.526. The van der Waals surface area contributed by atoms with Crippen LogP contribution in [0.25, 0.3) is 0 Å². The largest absolute Gasteiger partial charge is 0.357 e. The van der Waals surface area contributed by atoms with Crippen LogP contribution in [0.4, 0.5) is 5.82 Å². The van der Waals surface area contributed by atoms with Crippen molar-refractivity contribution in [2.45, 2.75) is 40.7 Å². The fourth-order valence-corrected chi connectivity index (χ4v) is 3.24. The molecule has 0 fully saturated rings. The summed E-state index contributed by atoms with van der Waals surface area (Å²) >= 11 is 1.69. The van der Waals surface area contributed by atoms with Gasteiger partial charge in [0, 0.05) is 44.2 Å². The first-order valence-electron chi connectivity index (χ1n) is 9.29. The Balaban J connectivity index is 0.00000364. The normalized spacial score (nSPS) is 11.0. The second kappa shape index (κ2) is 12.9. The Morgan fingerprint density at radius 1 is 1.19 bits per heavy atom. The zero-order chi connectivity index (χ0) is 18.8. The maximum absolute atomic E-state index is 4.66. The predicted octanol–water partition coefficient (Wildman–Crippen LogP) is 3.61. The van der Waals surface area contributed by atoms with E-state index in [-0.39, 0.29) is 24.0 Å². The first-order chi connectivity index (χ1) is 12.7. The highest BCUT2D eigenvalue weighted by Crippen LogP contribution is 2.11. The number of aryl methyl sites for hydroxylation is 1. The Bertz CT molecular complexity index is 682. The number of nitrogens with zero attached hydrogens (tertiary/aromatic N) is 4. The van der Waals surface area contributed by atoms with Gasteiger partial charge in [-0.25, -0.2) is 15.0 Å². The molecule has 8 heteroatoms. The summed E-state index contributed by atoms with van der Waals surface area (Å²) in [4.78, 5) is 15.9. The second-order valence-electron chi connectivity index (χ2n) is 5.93. The van der Waals surface area contributed by atoms with Crippen LogP contribution in [-0.2, 0) is 13.0 Å². The maximum Gasteiger partial charge on any atom is 0.191 e. The van der Waals surface area contributed by atoms with Crippen LogP contribution in [0.1, 0.15) is 37.0 Å². The number of nitrogens with one attached hydrogen (secondary N) is 2. The van der Waals surface area contributed by atoms with Gasteiger partial charge in [-0.3, -0.25) is 0 Å². The minimum absolute atomic E-state index is 0. The highest BCUT2D eigenvalue weighted by Gasteiger charge is 2.04. The number of hydrogen-bond donors (Lipinski definition) is 2. The van der Waals surface area contributed by atoms with Crippen LogP contribution in [0.5, 0.6) is 0 Å². The van der Waals surface area contributed by atoms with Gasteiger partial charge in [0.05, 0.1) is 17.2 Å². The molecule has 27 heavy (non-hydrogen) atoms. The van der Waals surface area contributed by atoms with E-state index in [0.717, 1.165) is 60.6 Å². The third kappa shape index (κ3) is 8.00. The summed E-state index contributed by atoms with van der Waals surface area (Å²) in [6.45, 7) is 12.6. The van der Waals surface area contributed by atoms with Gasteiger partial charge < -0.3 is 15.5 Å². The molecule has 6 nitrogen and oxygen atoms in total. The molecule has 0 aliphatic carbocycles. The smallest absolute Gasteiger partial charge is 0.191 e. The molecule has 0 aliphatic heterocycles. The third-order valence-corrected chi connectivity index (χ3v) is 4.82. The van der Waals surface area contributed by atoms with Gasteiger partial charge in [0.1, 0.15) is 5.82 Å². The fourth-order valence-electron chi connectivity index (χ4n) is 2.59. The summed E-state index contributed by atoms with van der Waals surface area (Å²) in [7, 11) is 0. The van der Waals surface area contributed by atoms with Gasteiger partial charge >= 0.3 is 0 Å². The van der Waals surface area contributed by atoms with Crippen LogP contribution >= 0.6 is 35.3 Å².